The van der Waals surface area contributed by atoms with Crippen molar-refractivity contribution in [2.45, 2.75) is 18.8 Å². The van der Waals surface area contributed by atoms with E-state index in [2.05, 4.69) is 12.1 Å². The monoisotopic (exact) mass is 302 g/mol. The minimum absolute atomic E-state index is 0.0311. The Morgan fingerprint density at radius 2 is 1.57 bits per heavy atom. The molecule has 1 aliphatic rings. The van der Waals surface area contributed by atoms with Gasteiger partial charge in [0.15, 0.2) is 0 Å². The zero-order valence-corrected chi connectivity index (χ0v) is 12.8. The number of rotatable bonds is 3. The molecule has 114 valence electrons. The highest BCUT2D eigenvalue weighted by Crippen LogP contribution is 2.43. The van der Waals surface area contributed by atoms with Crippen molar-refractivity contribution in [2.24, 2.45) is 5.92 Å². The zero-order chi connectivity index (χ0) is 15.6. The predicted molar refractivity (Wildman–Crippen MR) is 91.5 cm³/mol. The van der Waals surface area contributed by atoms with Gasteiger partial charge in [-0.3, -0.25) is 4.79 Å². The number of carbonyl (C=O) groups excluding carboxylic acids is 1. The third kappa shape index (κ3) is 2.61. The molecule has 4 rings (SSSR count). The summed E-state index contributed by atoms with van der Waals surface area (Å²) in [5.41, 5.74) is 1.23. The van der Waals surface area contributed by atoms with E-state index in [0.717, 1.165) is 23.6 Å². The van der Waals surface area contributed by atoms with E-state index in [1.165, 1.54) is 5.56 Å². The molecule has 2 heteroatoms. The summed E-state index contributed by atoms with van der Waals surface area (Å²) in [4.78, 5) is 12.6. The first-order valence-electron chi connectivity index (χ1n) is 8.07. The lowest BCUT2D eigenvalue weighted by molar-refractivity contribution is -0.142. The number of hydrogen-bond acceptors (Lipinski definition) is 2. The van der Waals surface area contributed by atoms with Gasteiger partial charge in [-0.1, -0.05) is 66.7 Å². The molecular weight excluding hydrogens is 284 g/mol. The van der Waals surface area contributed by atoms with Crippen molar-refractivity contribution < 1.29 is 9.53 Å². The van der Waals surface area contributed by atoms with Crippen molar-refractivity contribution in [3.05, 3.63) is 78.4 Å². The normalized spacial score (nSPS) is 20.0. The van der Waals surface area contributed by atoms with Crippen LogP contribution in [0.4, 0.5) is 0 Å². The number of hydrogen-bond donors (Lipinski definition) is 0. The fourth-order valence-electron chi connectivity index (χ4n) is 3.35. The van der Waals surface area contributed by atoms with Gasteiger partial charge in [-0.15, -0.1) is 0 Å². The fraction of sp³-hybridized carbons (Fsp3) is 0.190. The van der Waals surface area contributed by atoms with Gasteiger partial charge in [0.05, 0.1) is 5.92 Å². The summed E-state index contributed by atoms with van der Waals surface area (Å²) < 4.78 is 5.74. The molecule has 0 amide bonds. The second-order valence-electron chi connectivity index (χ2n) is 6.10. The third-order valence-electron chi connectivity index (χ3n) is 4.77. The first-order valence-corrected chi connectivity index (χ1v) is 8.07. The quantitative estimate of drug-likeness (QED) is 0.506. The van der Waals surface area contributed by atoms with Crippen molar-refractivity contribution in [1.82, 2.24) is 0 Å². The van der Waals surface area contributed by atoms with E-state index in [-0.39, 0.29) is 11.9 Å². The number of esters is 1. The first-order chi connectivity index (χ1) is 11.3. The van der Waals surface area contributed by atoms with E-state index >= 15 is 0 Å². The minimum atomic E-state index is -0.110. The van der Waals surface area contributed by atoms with E-state index in [4.69, 9.17) is 4.74 Å². The lowest BCUT2D eigenvalue weighted by Crippen LogP contribution is -2.34. The predicted octanol–water partition coefficient (Wildman–Crippen LogP) is 4.94. The van der Waals surface area contributed by atoms with Crippen LogP contribution in [0.1, 0.15) is 24.3 Å². The van der Waals surface area contributed by atoms with Gasteiger partial charge in [-0.2, -0.15) is 0 Å². The van der Waals surface area contributed by atoms with Crippen LogP contribution in [0.5, 0.6) is 5.75 Å². The Labute approximate surface area is 135 Å². The molecule has 2 atom stereocenters. The summed E-state index contributed by atoms with van der Waals surface area (Å²) in [6.07, 6.45) is 1.96. The van der Waals surface area contributed by atoms with Crippen LogP contribution in [-0.4, -0.2) is 5.97 Å². The van der Waals surface area contributed by atoms with Crippen LogP contribution >= 0.6 is 0 Å². The van der Waals surface area contributed by atoms with E-state index in [0.29, 0.717) is 11.7 Å². The Balaban J connectivity index is 1.56. The van der Waals surface area contributed by atoms with Crippen molar-refractivity contribution in [1.29, 1.82) is 0 Å². The molecule has 3 aromatic rings. The maximum Gasteiger partial charge on any atom is 0.314 e. The van der Waals surface area contributed by atoms with Crippen molar-refractivity contribution in [3.63, 3.8) is 0 Å². The van der Waals surface area contributed by atoms with Crippen molar-refractivity contribution in [3.8, 4) is 5.75 Å². The summed E-state index contributed by atoms with van der Waals surface area (Å²) in [6, 6.07) is 24.1. The van der Waals surface area contributed by atoms with Gasteiger partial charge in [0.1, 0.15) is 5.75 Å². The van der Waals surface area contributed by atoms with E-state index in [1.807, 2.05) is 60.7 Å². The highest BCUT2D eigenvalue weighted by atomic mass is 16.5. The Hall–Kier alpha value is -2.61. The van der Waals surface area contributed by atoms with Crippen LogP contribution < -0.4 is 4.74 Å². The Morgan fingerprint density at radius 3 is 2.35 bits per heavy atom. The fourth-order valence-corrected chi connectivity index (χ4v) is 3.35. The van der Waals surface area contributed by atoms with Crippen molar-refractivity contribution in [2.75, 3.05) is 0 Å². The van der Waals surface area contributed by atoms with Gasteiger partial charge in [-0.05, 0) is 35.8 Å². The molecule has 2 nitrogen and oxygen atoms in total. The summed E-state index contributed by atoms with van der Waals surface area (Å²) in [5.74, 6) is 0.809. The van der Waals surface area contributed by atoms with Crippen LogP contribution in [0.15, 0.2) is 72.8 Å². The highest BCUT2D eigenvalue weighted by molar-refractivity contribution is 5.90. The molecule has 0 aliphatic heterocycles. The maximum atomic E-state index is 12.6. The van der Waals surface area contributed by atoms with Crippen LogP contribution in [0.2, 0.25) is 0 Å². The number of carbonyl (C=O) groups is 1. The van der Waals surface area contributed by atoms with E-state index < -0.39 is 0 Å². The van der Waals surface area contributed by atoms with Crippen LogP contribution in [0, 0.1) is 5.92 Å². The smallest absolute Gasteiger partial charge is 0.314 e. The maximum absolute atomic E-state index is 12.6. The van der Waals surface area contributed by atoms with Crippen LogP contribution in [0.25, 0.3) is 10.8 Å². The van der Waals surface area contributed by atoms with E-state index in [9.17, 15) is 4.79 Å². The summed E-state index contributed by atoms with van der Waals surface area (Å²) >= 11 is 0. The SMILES string of the molecule is O=C(Oc1cccc2ccccc12)[C@@H]1CCC1c1ccccc1. The second kappa shape index (κ2) is 5.88. The van der Waals surface area contributed by atoms with Gasteiger partial charge < -0.3 is 4.74 Å². The molecule has 0 N–H and O–H groups in total. The third-order valence-corrected chi connectivity index (χ3v) is 4.77. The molecule has 3 aromatic carbocycles. The zero-order valence-electron chi connectivity index (χ0n) is 12.8. The summed E-state index contributed by atoms with van der Waals surface area (Å²) in [6.45, 7) is 0. The van der Waals surface area contributed by atoms with Crippen LogP contribution in [0.3, 0.4) is 0 Å². The molecule has 0 saturated heterocycles. The molecule has 1 saturated carbocycles. The average Bonchev–Trinajstić information content (AvgIpc) is 2.55. The standard InChI is InChI=1S/C21H18O2/c22-21(19-14-13-17(19)15-7-2-1-3-8-15)23-20-12-6-10-16-9-4-5-11-18(16)20/h1-12,17,19H,13-14H2/t17?,19-/m1/s1. The molecule has 1 aliphatic carbocycles. The van der Waals surface area contributed by atoms with E-state index in [1.54, 1.807) is 0 Å². The Kier molecular flexibility index (Phi) is 3.58. The molecule has 0 radical (unpaired) electrons. The number of ether oxygens (including phenoxy) is 1. The molecule has 23 heavy (non-hydrogen) atoms. The molecule has 1 fully saturated rings. The lowest BCUT2D eigenvalue weighted by atomic mass is 9.70. The van der Waals surface area contributed by atoms with Gasteiger partial charge in [0, 0.05) is 5.39 Å². The summed E-state index contributed by atoms with van der Waals surface area (Å²) in [5, 5.41) is 2.07. The molecular formula is C21H18O2. The first kappa shape index (κ1) is 14.0. The number of benzene rings is 3. The van der Waals surface area contributed by atoms with Gasteiger partial charge in [0.25, 0.3) is 0 Å². The molecule has 0 spiro atoms. The molecule has 0 aromatic heterocycles. The molecule has 0 heterocycles. The Bertz CT molecular complexity index is 833. The Morgan fingerprint density at radius 1 is 0.826 bits per heavy atom. The molecule has 1 unspecified atom stereocenters. The largest absolute Gasteiger partial charge is 0.426 e. The highest BCUT2D eigenvalue weighted by Gasteiger charge is 2.38. The van der Waals surface area contributed by atoms with Crippen molar-refractivity contribution >= 4 is 16.7 Å². The number of fused-ring (bicyclic) bond motifs is 1. The van der Waals surface area contributed by atoms with Gasteiger partial charge in [0.2, 0.25) is 0 Å². The molecule has 0 bridgehead atoms. The second-order valence-corrected chi connectivity index (χ2v) is 6.10. The minimum Gasteiger partial charge on any atom is -0.426 e. The summed E-state index contributed by atoms with van der Waals surface area (Å²) in [7, 11) is 0. The van der Waals surface area contributed by atoms with Crippen LogP contribution in [-0.2, 0) is 4.79 Å². The van der Waals surface area contributed by atoms with Gasteiger partial charge >= 0.3 is 5.97 Å². The van der Waals surface area contributed by atoms with Gasteiger partial charge in [-0.25, -0.2) is 0 Å². The lowest BCUT2D eigenvalue weighted by Gasteiger charge is -2.35. The topological polar surface area (TPSA) is 26.3 Å². The average molecular weight is 302 g/mol.